The van der Waals surface area contributed by atoms with Gasteiger partial charge < -0.3 is 13.9 Å². The zero-order valence-electron chi connectivity index (χ0n) is 19.4. The number of ether oxygens (including phenoxy) is 2. The Labute approximate surface area is 204 Å². The molecule has 2 aromatic heterocycles. The fourth-order valence-corrected chi connectivity index (χ4v) is 4.99. The van der Waals surface area contributed by atoms with Crippen LogP contribution >= 0.6 is 11.8 Å². The molecule has 176 valence electrons. The average molecular weight is 487 g/mol. The minimum atomic E-state index is -0.453. The Morgan fingerprint density at radius 2 is 1.77 bits per heavy atom. The van der Waals surface area contributed by atoms with Crippen molar-refractivity contribution in [1.29, 1.82) is 0 Å². The summed E-state index contributed by atoms with van der Waals surface area (Å²) in [4.78, 5) is 30.7. The van der Waals surface area contributed by atoms with Gasteiger partial charge >= 0.3 is 5.63 Å². The highest BCUT2D eigenvalue weighted by molar-refractivity contribution is 7.98. The third-order valence-corrected chi connectivity index (χ3v) is 6.70. The van der Waals surface area contributed by atoms with Crippen molar-refractivity contribution in [2.45, 2.75) is 17.8 Å². The molecular formula is C27H22N2O5S. The van der Waals surface area contributed by atoms with Crippen LogP contribution in [0.25, 0.3) is 27.6 Å². The summed E-state index contributed by atoms with van der Waals surface area (Å²) in [6.07, 6.45) is 0. The second kappa shape index (κ2) is 9.31. The topological polar surface area (TPSA) is 83.6 Å². The molecule has 0 fully saturated rings. The highest BCUT2D eigenvalue weighted by Gasteiger charge is 2.18. The van der Waals surface area contributed by atoms with Crippen LogP contribution in [-0.2, 0) is 5.75 Å². The summed E-state index contributed by atoms with van der Waals surface area (Å²) in [7, 11) is 3.13. The van der Waals surface area contributed by atoms with E-state index in [0.717, 1.165) is 16.5 Å². The molecule has 0 atom stereocenters. The summed E-state index contributed by atoms with van der Waals surface area (Å²) in [6.45, 7) is 1.96. The van der Waals surface area contributed by atoms with E-state index in [0.29, 0.717) is 44.6 Å². The molecule has 35 heavy (non-hydrogen) atoms. The second-order valence-corrected chi connectivity index (χ2v) is 8.91. The number of thioether (sulfide) groups is 1. The van der Waals surface area contributed by atoms with Crippen LogP contribution in [0.1, 0.15) is 11.1 Å². The monoisotopic (exact) mass is 486 g/mol. The van der Waals surface area contributed by atoms with Crippen LogP contribution in [0.3, 0.4) is 0 Å². The van der Waals surface area contributed by atoms with Crippen LogP contribution < -0.4 is 20.7 Å². The minimum Gasteiger partial charge on any atom is -0.497 e. The predicted molar refractivity (Wildman–Crippen MR) is 137 cm³/mol. The van der Waals surface area contributed by atoms with Gasteiger partial charge in [-0.15, -0.1) is 0 Å². The van der Waals surface area contributed by atoms with Gasteiger partial charge in [-0.1, -0.05) is 30.0 Å². The van der Waals surface area contributed by atoms with Crippen molar-refractivity contribution in [2.24, 2.45) is 0 Å². The van der Waals surface area contributed by atoms with Gasteiger partial charge in [0, 0.05) is 23.3 Å². The smallest absolute Gasteiger partial charge is 0.336 e. The van der Waals surface area contributed by atoms with Crippen LogP contribution in [-0.4, -0.2) is 23.8 Å². The van der Waals surface area contributed by atoms with Gasteiger partial charge in [-0.25, -0.2) is 9.78 Å². The summed E-state index contributed by atoms with van der Waals surface area (Å²) in [5.41, 5.74) is 2.77. The van der Waals surface area contributed by atoms with Crippen molar-refractivity contribution < 1.29 is 13.9 Å². The first-order chi connectivity index (χ1) is 17.0. The van der Waals surface area contributed by atoms with Crippen LogP contribution in [0, 0.1) is 6.92 Å². The third-order valence-electron chi connectivity index (χ3n) is 5.71. The van der Waals surface area contributed by atoms with Gasteiger partial charge in [-0.05, 0) is 54.4 Å². The SMILES string of the molecule is COc1ccc2c(CSc3nc4ccccc4c(=O)n3-c3cc(C)ccc3OC)cc(=O)oc2c1. The molecule has 0 unspecified atom stereocenters. The van der Waals surface area contributed by atoms with E-state index in [9.17, 15) is 9.59 Å². The summed E-state index contributed by atoms with van der Waals surface area (Å²) in [5, 5.41) is 1.80. The van der Waals surface area contributed by atoms with Gasteiger partial charge in [-0.2, -0.15) is 0 Å². The number of aryl methyl sites for hydroxylation is 1. The minimum absolute atomic E-state index is 0.191. The second-order valence-electron chi connectivity index (χ2n) is 7.97. The number of hydrogen-bond donors (Lipinski definition) is 0. The maximum absolute atomic E-state index is 13.7. The molecule has 0 aliphatic rings. The Morgan fingerprint density at radius 3 is 2.57 bits per heavy atom. The number of methoxy groups -OCH3 is 2. The zero-order chi connectivity index (χ0) is 24.5. The average Bonchev–Trinajstić information content (AvgIpc) is 2.86. The maximum Gasteiger partial charge on any atom is 0.336 e. The van der Waals surface area contributed by atoms with Gasteiger partial charge in [0.1, 0.15) is 17.1 Å². The van der Waals surface area contributed by atoms with Crippen molar-refractivity contribution in [2.75, 3.05) is 14.2 Å². The molecule has 0 radical (unpaired) electrons. The molecule has 5 rings (SSSR count). The van der Waals surface area contributed by atoms with E-state index < -0.39 is 5.63 Å². The molecule has 0 saturated carbocycles. The molecule has 3 aromatic carbocycles. The molecule has 0 spiro atoms. The lowest BCUT2D eigenvalue weighted by Gasteiger charge is -2.16. The normalized spacial score (nSPS) is 11.2. The van der Waals surface area contributed by atoms with Gasteiger partial charge in [-0.3, -0.25) is 9.36 Å². The van der Waals surface area contributed by atoms with Crippen LogP contribution in [0.4, 0.5) is 0 Å². The van der Waals surface area contributed by atoms with E-state index in [1.165, 1.54) is 17.8 Å². The molecule has 8 heteroatoms. The summed E-state index contributed by atoms with van der Waals surface area (Å²) in [6, 6.07) is 19.8. The van der Waals surface area contributed by atoms with Crippen molar-refractivity contribution in [3.63, 3.8) is 0 Å². The Kier molecular flexibility index (Phi) is 6.05. The number of nitrogens with zero attached hydrogens (tertiary/aromatic N) is 2. The van der Waals surface area contributed by atoms with E-state index in [-0.39, 0.29) is 5.56 Å². The lowest BCUT2D eigenvalue weighted by atomic mass is 10.1. The first kappa shape index (κ1) is 22.7. The van der Waals surface area contributed by atoms with Crippen molar-refractivity contribution in [1.82, 2.24) is 9.55 Å². The molecule has 0 bridgehead atoms. The lowest BCUT2D eigenvalue weighted by molar-refractivity contribution is 0.411. The van der Waals surface area contributed by atoms with E-state index in [4.69, 9.17) is 18.9 Å². The molecule has 0 amide bonds. The standard InChI is InChI=1S/C27H22N2O5S/c1-16-8-11-23(33-3)22(12-16)29-26(31)20-6-4-5-7-21(20)28-27(29)35-15-17-13-25(30)34-24-14-18(32-2)9-10-19(17)24/h4-14H,15H2,1-3H3. The summed E-state index contributed by atoms with van der Waals surface area (Å²) >= 11 is 1.37. The maximum atomic E-state index is 13.7. The number of hydrogen-bond acceptors (Lipinski definition) is 7. The van der Waals surface area contributed by atoms with Gasteiger partial charge in [0.2, 0.25) is 0 Å². The molecule has 2 heterocycles. The highest BCUT2D eigenvalue weighted by atomic mass is 32.2. The fourth-order valence-electron chi connectivity index (χ4n) is 4.00. The first-order valence-corrected chi connectivity index (χ1v) is 11.9. The Balaban J connectivity index is 1.67. The van der Waals surface area contributed by atoms with Gasteiger partial charge in [0.05, 0.1) is 30.8 Å². The Hall–Kier alpha value is -4.04. The van der Waals surface area contributed by atoms with Gasteiger partial charge in [0.15, 0.2) is 5.16 Å². The predicted octanol–water partition coefficient (Wildman–Crippen LogP) is 5.11. The number of benzene rings is 3. The molecular weight excluding hydrogens is 464 g/mol. The molecule has 0 N–H and O–H groups in total. The first-order valence-electron chi connectivity index (χ1n) is 10.9. The van der Waals surface area contributed by atoms with Crippen molar-refractivity contribution in [3.05, 3.63) is 98.6 Å². The Morgan fingerprint density at radius 1 is 0.943 bits per heavy atom. The molecule has 0 aliphatic heterocycles. The number of para-hydroxylation sites is 1. The van der Waals surface area contributed by atoms with Crippen molar-refractivity contribution in [3.8, 4) is 17.2 Å². The number of aromatic nitrogens is 2. The quantitative estimate of drug-likeness (QED) is 0.187. The fraction of sp³-hybridized carbons (Fsp3) is 0.148. The Bertz CT molecular complexity index is 1690. The van der Waals surface area contributed by atoms with Gasteiger partial charge in [0.25, 0.3) is 5.56 Å². The van der Waals surface area contributed by atoms with Crippen molar-refractivity contribution >= 4 is 33.6 Å². The van der Waals surface area contributed by atoms with Crippen LogP contribution in [0.15, 0.2) is 85.9 Å². The zero-order valence-corrected chi connectivity index (χ0v) is 20.2. The van der Waals surface area contributed by atoms with E-state index in [2.05, 4.69) is 0 Å². The summed E-state index contributed by atoms with van der Waals surface area (Å²) < 4.78 is 17.8. The summed E-state index contributed by atoms with van der Waals surface area (Å²) in [5.74, 6) is 1.56. The molecule has 0 saturated heterocycles. The van der Waals surface area contributed by atoms with Crippen LogP contribution in [0.2, 0.25) is 0 Å². The largest absolute Gasteiger partial charge is 0.497 e. The van der Waals surface area contributed by atoms with Crippen LogP contribution in [0.5, 0.6) is 11.5 Å². The third kappa shape index (κ3) is 4.28. The molecule has 5 aromatic rings. The number of rotatable bonds is 6. The van der Waals surface area contributed by atoms with E-state index in [1.54, 1.807) is 30.9 Å². The highest BCUT2D eigenvalue weighted by Crippen LogP contribution is 2.31. The van der Waals surface area contributed by atoms with E-state index in [1.807, 2.05) is 55.5 Å². The lowest BCUT2D eigenvalue weighted by Crippen LogP contribution is -2.22. The number of fused-ring (bicyclic) bond motifs is 2. The van der Waals surface area contributed by atoms with E-state index >= 15 is 0 Å². The molecule has 7 nitrogen and oxygen atoms in total. The molecule has 0 aliphatic carbocycles.